The number of aliphatic hydroxyl groups is 1. The molecule has 2 atom stereocenters. The summed E-state index contributed by atoms with van der Waals surface area (Å²) in [7, 11) is 1.98. The van der Waals surface area contributed by atoms with Crippen molar-refractivity contribution in [1.82, 2.24) is 15.1 Å². The van der Waals surface area contributed by atoms with Crippen molar-refractivity contribution in [2.24, 2.45) is 5.92 Å². The van der Waals surface area contributed by atoms with Gasteiger partial charge in [-0.2, -0.15) is 0 Å². The van der Waals surface area contributed by atoms with Crippen molar-refractivity contribution in [2.45, 2.75) is 58.0 Å². The Balaban J connectivity index is 1.87. The van der Waals surface area contributed by atoms with Gasteiger partial charge in [0.2, 0.25) is 0 Å². The van der Waals surface area contributed by atoms with Gasteiger partial charge in [-0.05, 0) is 62.4 Å². The van der Waals surface area contributed by atoms with E-state index in [2.05, 4.69) is 35.9 Å². The van der Waals surface area contributed by atoms with Crippen LogP contribution in [0.1, 0.15) is 51.5 Å². The lowest BCUT2D eigenvalue weighted by Crippen LogP contribution is -2.62. The highest BCUT2D eigenvalue weighted by molar-refractivity contribution is 5.21. The van der Waals surface area contributed by atoms with E-state index in [9.17, 15) is 9.50 Å². The molecule has 1 aliphatic heterocycles. The van der Waals surface area contributed by atoms with Crippen LogP contribution in [0.5, 0.6) is 0 Å². The molecule has 1 aromatic rings. The second-order valence-electron chi connectivity index (χ2n) is 8.67. The summed E-state index contributed by atoms with van der Waals surface area (Å²) in [6.45, 7) is 12.4. The van der Waals surface area contributed by atoms with E-state index in [0.29, 0.717) is 23.9 Å². The van der Waals surface area contributed by atoms with Crippen LogP contribution in [0, 0.1) is 11.7 Å². The third kappa shape index (κ3) is 6.80. The SMILES string of the molecule is CCC(CCO)N(CC(C)C)C1CN(CCC(CNC)c2ccc(F)cc2)C1. The number of nitrogens with one attached hydrogen (secondary N) is 1. The molecule has 0 aliphatic carbocycles. The fourth-order valence-electron chi connectivity index (χ4n) is 4.41. The van der Waals surface area contributed by atoms with Crippen LogP contribution in [-0.2, 0) is 0 Å². The number of benzene rings is 1. The number of likely N-dealkylation sites (N-methyl/N-ethyl adjacent to an activating group) is 1. The van der Waals surface area contributed by atoms with E-state index in [1.54, 1.807) is 12.1 Å². The summed E-state index contributed by atoms with van der Waals surface area (Å²) in [6, 6.07) is 8.05. The Morgan fingerprint density at radius 3 is 2.43 bits per heavy atom. The summed E-state index contributed by atoms with van der Waals surface area (Å²) in [4.78, 5) is 5.18. The molecule has 0 bridgehead atoms. The number of nitrogens with zero attached hydrogens (tertiary/aromatic N) is 2. The highest BCUT2D eigenvalue weighted by atomic mass is 19.1. The van der Waals surface area contributed by atoms with Crippen LogP contribution >= 0.6 is 0 Å². The highest BCUT2D eigenvalue weighted by Gasteiger charge is 2.35. The number of halogens is 1. The van der Waals surface area contributed by atoms with Crippen LogP contribution < -0.4 is 5.32 Å². The lowest BCUT2D eigenvalue weighted by Gasteiger charge is -2.49. The Morgan fingerprint density at radius 1 is 1.21 bits per heavy atom. The van der Waals surface area contributed by atoms with Gasteiger partial charge in [0, 0.05) is 44.9 Å². The first-order valence-corrected chi connectivity index (χ1v) is 11.0. The van der Waals surface area contributed by atoms with Crippen LogP contribution in [0.3, 0.4) is 0 Å². The predicted molar refractivity (Wildman–Crippen MR) is 115 cm³/mol. The molecule has 28 heavy (non-hydrogen) atoms. The van der Waals surface area contributed by atoms with Gasteiger partial charge in [-0.3, -0.25) is 4.90 Å². The standard InChI is InChI=1S/C23H40FN3O/c1-5-22(11-13-28)27(15-18(2)3)23-16-26(17-23)12-10-20(14-25-4)19-6-8-21(24)9-7-19/h6-9,18,20,22-23,25,28H,5,10-17H2,1-4H3. The smallest absolute Gasteiger partial charge is 0.123 e. The molecule has 2 rings (SSSR count). The van der Waals surface area contributed by atoms with Gasteiger partial charge in [-0.15, -0.1) is 0 Å². The zero-order valence-corrected chi connectivity index (χ0v) is 18.2. The molecule has 0 radical (unpaired) electrons. The minimum absolute atomic E-state index is 0.170. The van der Waals surface area contributed by atoms with E-state index in [1.807, 2.05) is 19.2 Å². The lowest BCUT2D eigenvalue weighted by atomic mass is 9.93. The maximum absolute atomic E-state index is 13.2. The molecular weight excluding hydrogens is 353 g/mol. The molecule has 0 spiro atoms. The third-order valence-corrected chi connectivity index (χ3v) is 5.97. The average molecular weight is 394 g/mol. The summed E-state index contributed by atoms with van der Waals surface area (Å²) in [5.74, 6) is 0.880. The maximum atomic E-state index is 13.2. The summed E-state index contributed by atoms with van der Waals surface area (Å²) in [6.07, 6.45) is 3.05. The van der Waals surface area contributed by atoms with Crippen molar-refractivity contribution in [3.05, 3.63) is 35.6 Å². The molecule has 1 aromatic carbocycles. The first-order valence-electron chi connectivity index (χ1n) is 11.0. The number of hydrogen-bond donors (Lipinski definition) is 2. The average Bonchev–Trinajstić information content (AvgIpc) is 2.63. The molecule has 2 N–H and O–H groups in total. The number of rotatable bonds is 13. The van der Waals surface area contributed by atoms with Gasteiger partial charge >= 0.3 is 0 Å². The van der Waals surface area contributed by atoms with E-state index < -0.39 is 0 Å². The Hall–Kier alpha value is -1.01. The van der Waals surface area contributed by atoms with Crippen LogP contribution in [0.15, 0.2) is 24.3 Å². The van der Waals surface area contributed by atoms with E-state index in [4.69, 9.17) is 0 Å². The van der Waals surface area contributed by atoms with Gasteiger partial charge < -0.3 is 15.3 Å². The predicted octanol–water partition coefficient (Wildman–Crippen LogP) is 3.32. The van der Waals surface area contributed by atoms with Crippen LogP contribution in [0.2, 0.25) is 0 Å². The molecule has 0 saturated carbocycles. The van der Waals surface area contributed by atoms with Gasteiger partial charge in [-0.1, -0.05) is 32.9 Å². The molecule has 1 aliphatic rings. The summed E-state index contributed by atoms with van der Waals surface area (Å²) in [5, 5.41) is 12.7. The van der Waals surface area contributed by atoms with E-state index in [0.717, 1.165) is 52.0 Å². The number of likely N-dealkylation sites (tertiary alicyclic amines) is 1. The monoisotopic (exact) mass is 393 g/mol. The van der Waals surface area contributed by atoms with Crippen molar-refractivity contribution in [1.29, 1.82) is 0 Å². The number of hydrogen-bond acceptors (Lipinski definition) is 4. The largest absolute Gasteiger partial charge is 0.396 e. The summed E-state index contributed by atoms with van der Waals surface area (Å²) >= 11 is 0. The van der Waals surface area contributed by atoms with Gasteiger partial charge in [-0.25, -0.2) is 4.39 Å². The third-order valence-electron chi connectivity index (χ3n) is 5.97. The maximum Gasteiger partial charge on any atom is 0.123 e. The summed E-state index contributed by atoms with van der Waals surface area (Å²) in [5.41, 5.74) is 1.21. The Morgan fingerprint density at radius 2 is 1.89 bits per heavy atom. The van der Waals surface area contributed by atoms with Crippen molar-refractivity contribution >= 4 is 0 Å². The van der Waals surface area contributed by atoms with Crippen molar-refractivity contribution in [2.75, 3.05) is 46.4 Å². The molecular formula is C23H40FN3O. The quantitative estimate of drug-likeness (QED) is 0.539. The minimum atomic E-state index is -0.170. The summed E-state index contributed by atoms with van der Waals surface area (Å²) < 4.78 is 13.2. The lowest BCUT2D eigenvalue weighted by molar-refractivity contribution is -0.00688. The Bertz CT molecular complexity index is 545. The van der Waals surface area contributed by atoms with Gasteiger partial charge in [0.1, 0.15) is 5.82 Å². The second kappa shape index (κ2) is 11.9. The van der Waals surface area contributed by atoms with Crippen molar-refractivity contribution < 1.29 is 9.50 Å². The van der Waals surface area contributed by atoms with Gasteiger partial charge in [0.25, 0.3) is 0 Å². The Kier molecular flexibility index (Phi) is 9.86. The molecule has 4 nitrogen and oxygen atoms in total. The first kappa shape index (κ1) is 23.3. The topological polar surface area (TPSA) is 38.7 Å². The zero-order chi connectivity index (χ0) is 20.5. The molecule has 1 fully saturated rings. The Labute approximate surface area is 171 Å². The number of aliphatic hydroxyl groups excluding tert-OH is 1. The molecule has 1 saturated heterocycles. The van der Waals surface area contributed by atoms with Crippen molar-refractivity contribution in [3.63, 3.8) is 0 Å². The first-order chi connectivity index (χ1) is 13.5. The molecule has 2 unspecified atom stereocenters. The molecule has 160 valence electrons. The van der Waals surface area contributed by atoms with Crippen LogP contribution in [0.25, 0.3) is 0 Å². The van der Waals surface area contributed by atoms with Crippen molar-refractivity contribution in [3.8, 4) is 0 Å². The zero-order valence-electron chi connectivity index (χ0n) is 18.2. The van der Waals surface area contributed by atoms with E-state index in [1.165, 1.54) is 5.56 Å². The van der Waals surface area contributed by atoms with E-state index >= 15 is 0 Å². The highest BCUT2D eigenvalue weighted by Crippen LogP contribution is 2.25. The fraction of sp³-hybridized carbons (Fsp3) is 0.739. The van der Waals surface area contributed by atoms with E-state index in [-0.39, 0.29) is 12.4 Å². The van der Waals surface area contributed by atoms with Crippen LogP contribution in [-0.4, -0.2) is 73.4 Å². The second-order valence-corrected chi connectivity index (χ2v) is 8.67. The van der Waals surface area contributed by atoms with Gasteiger partial charge in [0.05, 0.1) is 0 Å². The van der Waals surface area contributed by atoms with Crippen LogP contribution in [0.4, 0.5) is 4.39 Å². The molecule has 5 heteroatoms. The molecule has 0 aromatic heterocycles. The fourth-order valence-corrected chi connectivity index (χ4v) is 4.41. The van der Waals surface area contributed by atoms with Gasteiger partial charge in [0.15, 0.2) is 0 Å². The minimum Gasteiger partial charge on any atom is -0.396 e. The normalized spacial score (nSPS) is 17.9. The molecule has 1 heterocycles. The molecule has 0 amide bonds.